The van der Waals surface area contributed by atoms with E-state index < -0.39 is 16.1 Å². The van der Waals surface area contributed by atoms with Crippen LogP contribution < -0.4 is 4.72 Å². The molecule has 152 valence electrons. The Morgan fingerprint density at radius 3 is 2.17 bits per heavy atom. The predicted octanol–water partition coefficient (Wildman–Crippen LogP) is 4.93. The summed E-state index contributed by atoms with van der Waals surface area (Å²) in [4.78, 5) is 1.16. The van der Waals surface area contributed by atoms with Crippen LogP contribution in [0.4, 0.5) is 0 Å². The first-order chi connectivity index (χ1) is 13.9. The van der Waals surface area contributed by atoms with Gasteiger partial charge >= 0.3 is 0 Å². The number of benzene rings is 3. The number of aliphatic hydroxyl groups is 1. The molecular weight excluding hydrogens is 470 g/mol. The number of halogens is 1. The molecule has 3 rings (SSSR count). The maximum atomic E-state index is 12.9. The van der Waals surface area contributed by atoms with Gasteiger partial charge in [-0.15, -0.1) is 11.8 Å². The fraction of sp³-hybridized carbons (Fsp3) is 0.182. The highest BCUT2D eigenvalue weighted by atomic mass is 79.9. The van der Waals surface area contributed by atoms with Crippen molar-refractivity contribution >= 4 is 37.7 Å². The van der Waals surface area contributed by atoms with Crippen molar-refractivity contribution in [3.63, 3.8) is 0 Å². The summed E-state index contributed by atoms with van der Waals surface area (Å²) in [5.41, 5.74) is 1.92. The van der Waals surface area contributed by atoms with E-state index in [-0.39, 0.29) is 16.8 Å². The van der Waals surface area contributed by atoms with Crippen LogP contribution in [0.15, 0.2) is 93.1 Å². The standard InChI is InChI=1S/C22H22BrNO3S2/c1-16-7-13-20(14-8-16)29(26,27)24-21(15-25)22(17-5-3-2-4-6-17)28-19-11-9-18(23)10-12-19/h2-14,21-22,24-25H,15H2,1H3/t21-,22+/m1/s1. The largest absolute Gasteiger partial charge is 0.395 e. The van der Waals surface area contributed by atoms with E-state index in [9.17, 15) is 13.5 Å². The van der Waals surface area contributed by atoms with Gasteiger partial charge in [0, 0.05) is 9.37 Å². The smallest absolute Gasteiger partial charge is 0.240 e. The van der Waals surface area contributed by atoms with Crippen molar-refractivity contribution in [1.29, 1.82) is 0 Å². The molecule has 0 aromatic heterocycles. The molecule has 4 nitrogen and oxygen atoms in total. The molecule has 0 saturated heterocycles. The van der Waals surface area contributed by atoms with Crippen LogP contribution in [0.2, 0.25) is 0 Å². The molecule has 7 heteroatoms. The van der Waals surface area contributed by atoms with Crippen molar-refractivity contribution in [1.82, 2.24) is 4.72 Å². The molecule has 0 heterocycles. The van der Waals surface area contributed by atoms with Crippen molar-refractivity contribution in [2.75, 3.05) is 6.61 Å². The molecule has 0 spiro atoms. The molecule has 2 atom stereocenters. The van der Waals surface area contributed by atoms with Gasteiger partial charge in [0.2, 0.25) is 10.0 Å². The monoisotopic (exact) mass is 491 g/mol. The van der Waals surface area contributed by atoms with Gasteiger partial charge in [-0.3, -0.25) is 0 Å². The summed E-state index contributed by atoms with van der Waals surface area (Å²) in [6, 6.07) is 23.4. The van der Waals surface area contributed by atoms with Gasteiger partial charge in [0.05, 0.1) is 22.8 Å². The van der Waals surface area contributed by atoms with Crippen LogP contribution >= 0.6 is 27.7 Å². The molecule has 0 radical (unpaired) electrons. The minimum Gasteiger partial charge on any atom is -0.395 e. The van der Waals surface area contributed by atoms with Gasteiger partial charge < -0.3 is 5.11 Å². The zero-order chi connectivity index (χ0) is 20.9. The highest BCUT2D eigenvalue weighted by Gasteiger charge is 2.29. The third-order valence-electron chi connectivity index (χ3n) is 4.40. The Labute approximate surface area is 184 Å². The van der Waals surface area contributed by atoms with E-state index in [0.29, 0.717) is 0 Å². The van der Waals surface area contributed by atoms with Crippen molar-refractivity contribution in [3.05, 3.63) is 94.5 Å². The van der Waals surface area contributed by atoms with Gasteiger partial charge in [-0.1, -0.05) is 64.0 Å². The average molecular weight is 492 g/mol. The minimum atomic E-state index is -3.77. The molecule has 29 heavy (non-hydrogen) atoms. The second-order valence-corrected chi connectivity index (χ2v) is 10.5. The molecule has 0 fully saturated rings. The lowest BCUT2D eigenvalue weighted by Crippen LogP contribution is -2.41. The Hall–Kier alpha value is -1.64. The highest BCUT2D eigenvalue weighted by molar-refractivity contribution is 9.10. The maximum absolute atomic E-state index is 12.9. The van der Waals surface area contributed by atoms with E-state index in [0.717, 1.165) is 20.5 Å². The van der Waals surface area contributed by atoms with E-state index in [4.69, 9.17) is 0 Å². The molecule has 3 aromatic rings. The number of sulfonamides is 1. The zero-order valence-electron chi connectivity index (χ0n) is 15.8. The van der Waals surface area contributed by atoms with Crippen LogP contribution in [0.25, 0.3) is 0 Å². The van der Waals surface area contributed by atoms with E-state index in [1.807, 2.05) is 61.5 Å². The molecule has 0 bridgehead atoms. The highest BCUT2D eigenvalue weighted by Crippen LogP contribution is 2.38. The first kappa shape index (κ1) is 22.1. The number of aryl methyl sites for hydroxylation is 1. The molecule has 0 amide bonds. The van der Waals surface area contributed by atoms with Gasteiger partial charge in [0.15, 0.2) is 0 Å². The van der Waals surface area contributed by atoms with Crippen molar-refractivity contribution in [2.45, 2.75) is 28.0 Å². The number of nitrogens with one attached hydrogen (secondary N) is 1. The Kier molecular flexibility index (Phi) is 7.54. The van der Waals surface area contributed by atoms with E-state index in [1.165, 1.54) is 11.8 Å². The maximum Gasteiger partial charge on any atom is 0.240 e. The van der Waals surface area contributed by atoms with Gasteiger partial charge in [-0.2, -0.15) is 0 Å². The fourth-order valence-corrected chi connectivity index (χ4v) is 5.65. The quantitative estimate of drug-likeness (QED) is 0.438. The van der Waals surface area contributed by atoms with E-state index >= 15 is 0 Å². The Bertz CT molecular complexity index is 1020. The predicted molar refractivity (Wildman–Crippen MR) is 122 cm³/mol. The third kappa shape index (κ3) is 5.93. The number of thioether (sulfide) groups is 1. The minimum absolute atomic E-state index is 0.182. The summed E-state index contributed by atoms with van der Waals surface area (Å²) in [5, 5.41) is 9.78. The molecule has 0 saturated carbocycles. The van der Waals surface area contributed by atoms with Gasteiger partial charge in [0.25, 0.3) is 0 Å². The molecule has 0 aliphatic heterocycles. The number of hydrogen-bond acceptors (Lipinski definition) is 4. The fourth-order valence-electron chi connectivity index (χ4n) is 2.86. The third-order valence-corrected chi connectivity index (χ3v) is 7.84. The number of aliphatic hydroxyl groups excluding tert-OH is 1. The summed E-state index contributed by atoms with van der Waals surface area (Å²) in [6.45, 7) is 1.58. The van der Waals surface area contributed by atoms with Crippen LogP contribution in [0.5, 0.6) is 0 Å². The molecule has 0 aliphatic carbocycles. The molecular formula is C22H22BrNO3S2. The second-order valence-electron chi connectivity index (χ2n) is 6.63. The van der Waals surface area contributed by atoms with E-state index in [2.05, 4.69) is 20.7 Å². The SMILES string of the molecule is Cc1ccc(S(=O)(=O)N[C@H](CO)[C@@H](Sc2ccc(Br)cc2)c2ccccc2)cc1. The summed E-state index contributed by atoms with van der Waals surface area (Å²) in [6.07, 6.45) is 0. The van der Waals surface area contributed by atoms with Crippen LogP contribution in [0, 0.1) is 6.92 Å². The first-order valence-corrected chi connectivity index (χ1v) is 12.2. The number of rotatable bonds is 8. The van der Waals surface area contributed by atoms with Crippen LogP contribution in [-0.2, 0) is 10.0 Å². The topological polar surface area (TPSA) is 66.4 Å². The van der Waals surface area contributed by atoms with Gasteiger partial charge in [-0.25, -0.2) is 13.1 Å². The van der Waals surface area contributed by atoms with Gasteiger partial charge in [0.1, 0.15) is 0 Å². The van der Waals surface area contributed by atoms with Crippen LogP contribution in [0.1, 0.15) is 16.4 Å². The van der Waals surface area contributed by atoms with Crippen molar-refractivity contribution in [2.24, 2.45) is 0 Å². The lowest BCUT2D eigenvalue weighted by atomic mass is 10.1. The molecule has 0 unspecified atom stereocenters. The average Bonchev–Trinajstić information content (AvgIpc) is 2.73. The van der Waals surface area contributed by atoms with E-state index in [1.54, 1.807) is 24.3 Å². The van der Waals surface area contributed by atoms with Gasteiger partial charge in [-0.05, 0) is 48.9 Å². The normalized spacial score (nSPS) is 13.8. The molecule has 3 aromatic carbocycles. The van der Waals surface area contributed by atoms with Crippen molar-refractivity contribution < 1.29 is 13.5 Å². The zero-order valence-corrected chi connectivity index (χ0v) is 19.0. The van der Waals surface area contributed by atoms with Crippen LogP contribution in [-0.4, -0.2) is 26.2 Å². The summed E-state index contributed by atoms with van der Waals surface area (Å²) in [7, 11) is -3.77. The number of hydrogen-bond donors (Lipinski definition) is 2. The summed E-state index contributed by atoms with van der Waals surface area (Å²) in [5.74, 6) is 0. The Morgan fingerprint density at radius 1 is 0.966 bits per heavy atom. The van der Waals surface area contributed by atoms with Crippen molar-refractivity contribution in [3.8, 4) is 0 Å². The summed E-state index contributed by atoms with van der Waals surface area (Å²) < 4.78 is 29.5. The molecule has 0 aliphatic rings. The summed E-state index contributed by atoms with van der Waals surface area (Å²) >= 11 is 4.94. The lowest BCUT2D eigenvalue weighted by molar-refractivity contribution is 0.254. The van der Waals surface area contributed by atoms with Crippen LogP contribution in [0.3, 0.4) is 0 Å². The first-order valence-electron chi connectivity index (χ1n) is 9.06. The Balaban J connectivity index is 1.91. The lowest BCUT2D eigenvalue weighted by Gasteiger charge is -2.26. The second kappa shape index (κ2) is 9.91. The Morgan fingerprint density at radius 2 is 1.59 bits per heavy atom. The molecule has 2 N–H and O–H groups in total.